The first kappa shape index (κ1) is 15.8. The van der Waals surface area contributed by atoms with E-state index < -0.39 is 0 Å². The van der Waals surface area contributed by atoms with Gasteiger partial charge in [-0.25, -0.2) is 0 Å². The number of nitrogens with one attached hydrogen (secondary N) is 2. The number of carbonyl (C=O) groups is 1. The predicted molar refractivity (Wildman–Crippen MR) is 79.3 cm³/mol. The first-order valence-electron chi connectivity index (χ1n) is 5.85. The Balaban J connectivity index is 0.00000162. The highest BCUT2D eigenvalue weighted by Crippen LogP contribution is 2.27. The summed E-state index contributed by atoms with van der Waals surface area (Å²) in [5.41, 5.74) is 0.973. The van der Waals surface area contributed by atoms with E-state index in [2.05, 4.69) is 17.6 Å². The molecule has 6 heteroatoms. The van der Waals surface area contributed by atoms with Crippen LogP contribution in [0.2, 0.25) is 5.02 Å². The molecule has 3 nitrogen and oxygen atoms in total. The second-order valence-electron chi connectivity index (χ2n) is 4.61. The summed E-state index contributed by atoms with van der Waals surface area (Å²) < 4.78 is 0. The fraction of sp³-hybridized carbons (Fsp3) is 0.583. The highest BCUT2D eigenvalue weighted by Gasteiger charge is 2.22. The molecule has 2 unspecified atom stereocenters. The molecule has 102 valence electrons. The number of aryl methyl sites for hydroxylation is 1. The monoisotopic (exact) mass is 308 g/mol. The average molecular weight is 309 g/mol. The zero-order valence-electron chi connectivity index (χ0n) is 10.5. The van der Waals surface area contributed by atoms with Crippen molar-refractivity contribution in [1.82, 2.24) is 10.6 Å². The van der Waals surface area contributed by atoms with Crippen LogP contribution in [-0.2, 0) is 0 Å². The SMILES string of the molecule is Cc1csc(C(=O)NC2CCNC(C)C2)c1Cl.Cl. The number of hydrogen-bond donors (Lipinski definition) is 2. The lowest BCUT2D eigenvalue weighted by molar-refractivity contribution is 0.0930. The van der Waals surface area contributed by atoms with Crippen LogP contribution in [0.25, 0.3) is 0 Å². The van der Waals surface area contributed by atoms with E-state index in [-0.39, 0.29) is 24.4 Å². The fourth-order valence-electron chi connectivity index (χ4n) is 2.10. The highest BCUT2D eigenvalue weighted by atomic mass is 35.5. The molecule has 0 saturated carbocycles. The number of hydrogen-bond acceptors (Lipinski definition) is 3. The quantitative estimate of drug-likeness (QED) is 0.882. The van der Waals surface area contributed by atoms with Crippen molar-refractivity contribution in [3.05, 3.63) is 20.8 Å². The van der Waals surface area contributed by atoms with Crippen molar-refractivity contribution in [1.29, 1.82) is 0 Å². The Bertz CT molecular complexity index is 422. The Morgan fingerprint density at radius 3 is 2.89 bits per heavy atom. The molecular formula is C12H18Cl2N2OS. The second-order valence-corrected chi connectivity index (χ2v) is 5.87. The normalized spacial score (nSPS) is 23.3. The maximum Gasteiger partial charge on any atom is 0.263 e. The van der Waals surface area contributed by atoms with E-state index in [4.69, 9.17) is 11.6 Å². The molecule has 2 heterocycles. The van der Waals surface area contributed by atoms with E-state index in [0.717, 1.165) is 24.9 Å². The van der Waals surface area contributed by atoms with Gasteiger partial charge in [-0.1, -0.05) is 11.6 Å². The first-order valence-corrected chi connectivity index (χ1v) is 7.11. The van der Waals surface area contributed by atoms with E-state index in [1.54, 1.807) is 0 Å². The molecule has 1 fully saturated rings. The largest absolute Gasteiger partial charge is 0.348 e. The molecule has 0 radical (unpaired) electrons. The van der Waals surface area contributed by atoms with Gasteiger partial charge in [0.15, 0.2) is 0 Å². The van der Waals surface area contributed by atoms with Gasteiger partial charge in [0.05, 0.1) is 5.02 Å². The molecular weight excluding hydrogens is 291 g/mol. The van der Waals surface area contributed by atoms with Crippen molar-refractivity contribution < 1.29 is 4.79 Å². The number of carbonyl (C=O) groups excluding carboxylic acids is 1. The smallest absolute Gasteiger partial charge is 0.263 e. The van der Waals surface area contributed by atoms with Gasteiger partial charge < -0.3 is 10.6 Å². The number of rotatable bonds is 2. The second kappa shape index (κ2) is 6.75. The molecule has 0 aliphatic carbocycles. The van der Waals surface area contributed by atoms with Crippen molar-refractivity contribution in [2.45, 2.75) is 38.8 Å². The van der Waals surface area contributed by atoms with Gasteiger partial charge in [-0.2, -0.15) is 0 Å². The van der Waals surface area contributed by atoms with Gasteiger partial charge in [-0.15, -0.1) is 23.7 Å². The minimum atomic E-state index is -0.0350. The summed E-state index contributed by atoms with van der Waals surface area (Å²) in [6.07, 6.45) is 1.96. The summed E-state index contributed by atoms with van der Waals surface area (Å²) in [7, 11) is 0. The zero-order valence-corrected chi connectivity index (χ0v) is 12.8. The van der Waals surface area contributed by atoms with Gasteiger partial charge in [-0.05, 0) is 44.2 Å². The molecule has 0 bridgehead atoms. The zero-order chi connectivity index (χ0) is 12.4. The molecule has 1 aliphatic rings. The van der Waals surface area contributed by atoms with Gasteiger partial charge in [0.2, 0.25) is 0 Å². The summed E-state index contributed by atoms with van der Waals surface area (Å²) in [6, 6.07) is 0.729. The third-order valence-electron chi connectivity index (χ3n) is 3.06. The number of halogens is 2. The number of piperidine rings is 1. The van der Waals surface area contributed by atoms with Crippen LogP contribution in [-0.4, -0.2) is 24.5 Å². The van der Waals surface area contributed by atoms with Crippen molar-refractivity contribution >= 4 is 41.3 Å². The minimum Gasteiger partial charge on any atom is -0.348 e. The Morgan fingerprint density at radius 1 is 1.61 bits per heavy atom. The molecule has 1 saturated heterocycles. The van der Waals surface area contributed by atoms with E-state index >= 15 is 0 Å². The van der Waals surface area contributed by atoms with Gasteiger partial charge in [0.25, 0.3) is 5.91 Å². The molecule has 1 aromatic heterocycles. The Labute approximate surface area is 123 Å². The fourth-order valence-corrected chi connectivity index (χ4v) is 3.28. The van der Waals surface area contributed by atoms with Crippen LogP contribution in [0.5, 0.6) is 0 Å². The molecule has 1 aliphatic heterocycles. The summed E-state index contributed by atoms with van der Waals surface area (Å²) in [5.74, 6) is -0.0350. The lowest BCUT2D eigenvalue weighted by atomic mass is 10.0. The van der Waals surface area contributed by atoms with E-state index in [1.807, 2.05) is 12.3 Å². The summed E-state index contributed by atoms with van der Waals surface area (Å²) in [6.45, 7) is 5.02. The average Bonchev–Trinajstić information content (AvgIpc) is 2.60. The molecule has 0 aromatic carbocycles. The Kier molecular flexibility index (Phi) is 5.92. The van der Waals surface area contributed by atoms with Crippen LogP contribution in [0, 0.1) is 6.92 Å². The van der Waals surface area contributed by atoms with E-state index in [0.29, 0.717) is 15.9 Å². The maximum atomic E-state index is 12.0. The number of thiophene rings is 1. The van der Waals surface area contributed by atoms with Crippen molar-refractivity contribution in [3.8, 4) is 0 Å². The Hall–Kier alpha value is -0.290. The van der Waals surface area contributed by atoms with Gasteiger partial charge in [0.1, 0.15) is 4.88 Å². The minimum absolute atomic E-state index is 0. The van der Waals surface area contributed by atoms with Crippen LogP contribution in [0.4, 0.5) is 0 Å². The summed E-state index contributed by atoms with van der Waals surface area (Å²) in [5, 5.41) is 8.94. The van der Waals surface area contributed by atoms with Crippen LogP contribution in [0.15, 0.2) is 5.38 Å². The molecule has 1 aromatic rings. The highest BCUT2D eigenvalue weighted by molar-refractivity contribution is 7.13. The van der Waals surface area contributed by atoms with Gasteiger partial charge in [-0.3, -0.25) is 4.79 Å². The lowest BCUT2D eigenvalue weighted by Crippen LogP contribution is -2.46. The predicted octanol–water partition coefficient (Wildman–Crippen LogP) is 3.00. The van der Waals surface area contributed by atoms with Crippen LogP contribution >= 0.6 is 35.3 Å². The molecule has 1 amide bonds. The van der Waals surface area contributed by atoms with Gasteiger partial charge >= 0.3 is 0 Å². The summed E-state index contributed by atoms with van der Waals surface area (Å²) >= 11 is 7.50. The molecule has 2 N–H and O–H groups in total. The Morgan fingerprint density at radius 2 is 2.33 bits per heavy atom. The number of amides is 1. The standard InChI is InChI=1S/C12H17ClN2OS.ClH/c1-7-6-17-11(10(7)13)12(16)15-9-3-4-14-8(2)5-9;/h6,8-9,14H,3-5H2,1-2H3,(H,15,16);1H. The molecule has 2 rings (SSSR count). The van der Waals surface area contributed by atoms with Crippen LogP contribution in [0.3, 0.4) is 0 Å². The van der Waals surface area contributed by atoms with Crippen molar-refractivity contribution in [2.24, 2.45) is 0 Å². The molecule has 0 spiro atoms. The van der Waals surface area contributed by atoms with Crippen molar-refractivity contribution in [3.63, 3.8) is 0 Å². The first-order chi connectivity index (χ1) is 8.08. The van der Waals surface area contributed by atoms with Crippen LogP contribution in [0.1, 0.15) is 35.0 Å². The van der Waals surface area contributed by atoms with Crippen molar-refractivity contribution in [2.75, 3.05) is 6.54 Å². The third kappa shape index (κ3) is 3.60. The molecule has 18 heavy (non-hydrogen) atoms. The lowest BCUT2D eigenvalue weighted by Gasteiger charge is -2.28. The topological polar surface area (TPSA) is 41.1 Å². The van der Waals surface area contributed by atoms with Crippen LogP contribution < -0.4 is 10.6 Å². The summed E-state index contributed by atoms with van der Waals surface area (Å²) in [4.78, 5) is 12.7. The van der Waals surface area contributed by atoms with Gasteiger partial charge in [0, 0.05) is 12.1 Å². The molecule has 2 atom stereocenters. The van der Waals surface area contributed by atoms with E-state index in [9.17, 15) is 4.79 Å². The van der Waals surface area contributed by atoms with E-state index in [1.165, 1.54) is 11.3 Å². The third-order valence-corrected chi connectivity index (χ3v) is 4.76. The maximum absolute atomic E-state index is 12.0.